The second-order valence-electron chi connectivity index (χ2n) is 7.92. The van der Waals surface area contributed by atoms with Gasteiger partial charge in [-0.15, -0.1) is 0 Å². The molecule has 1 aliphatic carbocycles. The molecule has 3 unspecified atom stereocenters. The lowest BCUT2D eigenvalue weighted by Gasteiger charge is -2.34. The number of aromatic nitrogens is 2. The minimum Gasteiger partial charge on any atom is -0.495 e. The fourth-order valence-corrected chi connectivity index (χ4v) is 4.70. The van der Waals surface area contributed by atoms with E-state index >= 15 is 0 Å². The second kappa shape index (κ2) is 9.34. The maximum atomic E-state index is 13.6. The number of likely N-dealkylation sites (N-methyl/N-ethyl adjacent to an activating group) is 1. The number of benzene rings is 2. The summed E-state index contributed by atoms with van der Waals surface area (Å²) in [5.41, 5.74) is 2.66. The molecule has 32 heavy (non-hydrogen) atoms. The number of hydrogen-bond donors (Lipinski definition) is 0. The highest BCUT2D eigenvalue weighted by Crippen LogP contribution is 2.45. The maximum Gasteiger partial charge on any atom is 0.309 e. The van der Waals surface area contributed by atoms with Gasteiger partial charge in [0, 0.05) is 37.0 Å². The van der Waals surface area contributed by atoms with Crippen LogP contribution in [0.25, 0.3) is 11.4 Å². The average Bonchev–Trinajstić information content (AvgIpc) is 3.29. The van der Waals surface area contributed by atoms with Crippen molar-refractivity contribution in [3.05, 3.63) is 72.3 Å². The van der Waals surface area contributed by atoms with Gasteiger partial charge in [0.25, 0.3) is 0 Å². The van der Waals surface area contributed by atoms with Gasteiger partial charge < -0.3 is 14.4 Å². The van der Waals surface area contributed by atoms with Gasteiger partial charge in [0.1, 0.15) is 11.6 Å². The van der Waals surface area contributed by atoms with Crippen molar-refractivity contribution in [3.63, 3.8) is 0 Å². The van der Waals surface area contributed by atoms with Crippen LogP contribution < -0.4 is 9.64 Å². The third-order valence-electron chi connectivity index (χ3n) is 6.26. The highest BCUT2D eigenvalue weighted by Gasteiger charge is 2.44. The number of ether oxygens (including phenoxy) is 2. The van der Waals surface area contributed by atoms with Crippen LogP contribution in [0.3, 0.4) is 0 Å². The van der Waals surface area contributed by atoms with Crippen LogP contribution in [0.2, 0.25) is 0 Å². The van der Waals surface area contributed by atoms with Crippen LogP contribution in [0.15, 0.2) is 60.9 Å². The normalized spacial score (nSPS) is 20.1. The Morgan fingerprint density at radius 1 is 1.06 bits per heavy atom. The fraction of sp³-hybridized carbons (Fsp3) is 0.320. The van der Waals surface area contributed by atoms with Gasteiger partial charge in [0.05, 0.1) is 25.8 Å². The van der Waals surface area contributed by atoms with E-state index in [0.717, 1.165) is 23.2 Å². The van der Waals surface area contributed by atoms with Gasteiger partial charge in [-0.3, -0.25) is 4.79 Å². The van der Waals surface area contributed by atoms with E-state index in [1.807, 2.05) is 25.2 Å². The Hall–Kier alpha value is -3.48. The monoisotopic (exact) mass is 435 g/mol. The molecule has 166 valence electrons. The third-order valence-corrected chi connectivity index (χ3v) is 6.26. The number of halogens is 1. The predicted octanol–water partition coefficient (Wildman–Crippen LogP) is 4.46. The molecule has 6 nitrogen and oxygen atoms in total. The number of esters is 1. The van der Waals surface area contributed by atoms with Gasteiger partial charge >= 0.3 is 5.97 Å². The summed E-state index contributed by atoms with van der Waals surface area (Å²) in [5.74, 6) is 0.348. The van der Waals surface area contributed by atoms with Crippen LogP contribution >= 0.6 is 0 Å². The molecule has 2 aromatic carbocycles. The van der Waals surface area contributed by atoms with E-state index < -0.39 is 0 Å². The fourth-order valence-electron chi connectivity index (χ4n) is 4.70. The Balaban J connectivity index is 1.74. The van der Waals surface area contributed by atoms with E-state index in [4.69, 9.17) is 9.47 Å². The average molecular weight is 435 g/mol. The van der Waals surface area contributed by atoms with E-state index in [1.165, 1.54) is 19.2 Å². The van der Waals surface area contributed by atoms with Crippen molar-refractivity contribution in [2.45, 2.75) is 24.8 Å². The summed E-state index contributed by atoms with van der Waals surface area (Å²) in [5, 5.41) is 0. The number of rotatable bonds is 6. The molecule has 1 fully saturated rings. The van der Waals surface area contributed by atoms with Crippen molar-refractivity contribution in [2.24, 2.45) is 5.92 Å². The first-order valence-electron chi connectivity index (χ1n) is 10.5. The molecule has 0 saturated heterocycles. The Labute approximate surface area is 187 Å². The van der Waals surface area contributed by atoms with E-state index in [9.17, 15) is 9.18 Å². The van der Waals surface area contributed by atoms with E-state index in [-0.39, 0.29) is 29.7 Å². The molecule has 0 bridgehead atoms. The molecule has 4 rings (SSSR count). The largest absolute Gasteiger partial charge is 0.495 e. The summed E-state index contributed by atoms with van der Waals surface area (Å²) in [6.07, 6.45) is 4.89. The molecular formula is C25H26FN3O3. The van der Waals surface area contributed by atoms with Crippen LogP contribution in [-0.4, -0.2) is 43.2 Å². The zero-order valence-corrected chi connectivity index (χ0v) is 18.4. The molecule has 3 atom stereocenters. The first-order valence-corrected chi connectivity index (χ1v) is 10.5. The van der Waals surface area contributed by atoms with Crippen molar-refractivity contribution >= 4 is 11.7 Å². The van der Waals surface area contributed by atoms with Crippen molar-refractivity contribution in [3.8, 4) is 17.1 Å². The Kier molecular flexibility index (Phi) is 6.35. The van der Waals surface area contributed by atoms with Gasteiger partial charge in [-0.25, -0.2) is 14.4 Å². The van der Waals surface area contributed by atoms with Gasteiger partial charge in [-0.05, 0) is 54.8 Å². The van der Waals surface area contributed by atoms with E-state index in [2.05, 4.69) is 14.9 Å². The number of anilines is 1. The lowest BCUT2D eigenvalue weighted by molar-refractivity contribution is -0.145. The molecule has 1 saturated carbocycles. The van der Waals surface area contributed by atoms with E-state index in [0.29, 0.717) is 18.0 Å². The van der Waals surface area contributed by atoms with Gasteiger partial charge in [0.15, 0.2) is 5.82 Å². The molecular weight excluding hydrogens is 409 g/mol. The first kappa shape index (κ1) is 21.7. The highest BCUT2D eigenvalue weighted by atomic mass is 19.1. The van der Waals surface area contributed by atoms with Crippen molar-refractivity contribution < 1.29 is 18.7 Å². The van der Waals surface area contributed by atoms with Crippen LogP contribution in [0.4, 0.5) is 10.1 Å². The highest BCUT2D eigenvalue weighted by molar-refractivity contribution is 5.75. The number of nitrogens with zero attached hydrogens (tertiary/aromatic N) is 3. The lowest BCUT2D eigenvalue weighted by atomic mass is 9.85. The number of methoxy groups -OCH3 is 2. The summed E-state index contributed by atoms with van der Waals surface area (Å²) < 4.78 is 24.3. The Bertz CT molecular complexity index is 1080. The number of carbonyl (C=O) groups is 1. The smallest absolute Gasteiger partial charge is 0.309 e. The zero-order chi connectivity index (χ0) is 22.7. The Morgan fingerprint density at radius 3 is 2.44 bits per heavy atom. The summed E-state index contributed by atoms with van der Waals surface area (Å²) in [6.45, 7) is 0. The molecule has 0 spiro atoms. The Morgan fingerprint density at radius 2 is 1.78 bits per heavy atom. The summed E-state index contributed by atoms with van der Waals surface area (Å²) in [7, 11) is 5.04. The van der Waals surface area contributed by atoms with Crippen molar-refractivity contribution in [2.75, 3.05) is 26.2 Å². The minimum absolute atomic E-state index is 0.00889. The summed E-state index contributed by atoms with van der Waals surface area (Å²) >= 11 is 0. The minimum atomic E-state index is -0.302. The molecule has 3 aromatic rings. The molecule has 1 aromatic heterocycles. The number of carbonyl (C=O) groups excluding carboxylic acids is 1. The van der Waals surface area contributed by atoms with Gasteiger partial charge in [-0.2, -0.15) is 0 Å². The van der Waals surface area contributed by atoms with Crippen LogP contribution in [-0.2, 0) is 9.53 Å². The second-order valence-corrected chi connectivity index (χ2v) is 7.92. The molecule has 0 radical (unpaired) electrons. The molecule has 1 aliphatic rings. The summed E-state index contributed by atoms with van der Waals surface area (Å²) in [4.78, 5) is 23.4. The maximum absolute atomic E-state index is 13.6. The van der Waals surface area contributed by atoms with Crippen LogP contribution in [0.1, 0.15) is 24.3 Å². The molecule has 7 heteroatoms. The van der Waals surface area contributed by atoms with Crippen LogP contribution in [0.5, 0.6) is 5.75 Å². The van der Waals surface area contributed by atoms with Gasteiger partial charge in [0.2, 0.25) is 0 Å². The first-order chi connectivity index (χ1) is 15.5. The van der Waals surface area contributed by atoms with Gasteiger partial charge in [-0.1, -0.05) is 12.1 Å². The third kappa shape index (κ3) is 4.15. The summed E-state index contributed by atoms with van der Waals surface area (Å²) in [6, 6.07) is 14.0. The van der Waals surface area contributed by atoms with Crippen LogP contribution in [0, 0.1) is 11.7 Å². The molecule has 0 aliphatic heterocycles. The lowest BCUT2D eigenvalue weighted by Crippen LogP contribution is -2.36. The molecule has 0 N–H and O–H groups in total. The zero-order valence-electron chi connectivity index (χ0n) is 18.4. The quantitative estimate of drug-likeness (QED) is 0.533. The molecule has 1 heterocycles. The standard InChI is InChI=1S/C25H26FN3O3/c1-29(21-15-17(7-12-22(21)31-2)24-27-13-4-14-28-24)20-11-10-19(25(30)32-3)23(20)16-5-8-18(26)9-6-16/h4-9,12-15,19-20,23H,10-11H2,1-3H3. The SMILES string of the molecule is COC(=O)C1CCC(N(C)c2cc(-c3ncccn3)ccc2OC)C1c1ccc(F)cc1. The topological polar surface area (TPSA) is 64.5 Å². The van der Waals surface area contributed by atoms with Crippen molar-refractivity contribution in [1.29, 1.82) is 0 Å². The predicted molar refractivity (Wildman–Crippen MR) is 120 cm³/mol. The molecule has 0 amide bonds. The van der Waals surface area contributed by atoms with E-state index in [1.54, 1.807) is 37.7 Å². The van der Waals surface area contributed by atoms with Crippen molar-refractivity contribution in [1.82, 2.24) is 9.97 Å². The number of hydrogen-bond acceptors (Lipinski definition) is 6.